The Morgan fingerprint density at radius 3 is 2.53 bits per heavy atom. The SMILES string of the molecule is Cc1ccc(N[C@@H](C(=O)O)c2cccs2)cc1. The first-order valence-electron chi connectivity index (χ1n) is 5.26. The Bertz CT molecular complexity index is 491. The van der Waals surface area contributed by atoms with Gasteiger partial charge in [0.15, 0.2) is 6.04 Å². The van der Waals surface area contributed by atoms with E-state index in [4.69, 9.17) is 0 Å². The molecule has 0 radical (unpaired) electrons. The van der Waals surface area contributed by atoms with Crippen LogP contribution in [0.1, 0.15) is 16.5 Å². The molecule has 0 saturated carbocycles. The van der Waals surface area contributed by atoms with Crippen LogP contribution in [0.25, 0.3) is 0 Å². The van der Waals surface area contributed by atoms with Crippen molar-refractivity contribution in [3.63, 3.8) is 0 Å². The van der Waals surface area contributed by atoms with Crippen LogP contribution in [0.2, 0.25) is 0 Å². The molecule has 1 aromatic heterocycles. The van der Waals surface area contributed by atoms with Gasteiger partial charge in [0, 0.05) is 10.6 Å². The highest BCUT2D eigenvalue weighted by molar-refractivity contribution is 7.10. The Balaban J connectivity index is 2.19. The molecule has 1 heterocycles. The summed E-state index contributed by atoms with van der Waals surface area (Å²) >= 11 is 1.44. The van der Waals surface area contributed by atoms with Crippen LogP contribution in [0, 0.1) is 6.92 Å². The molecule has 0 aliphatic carbocycles. The second-order valence-corrected chi connectivity index (χ2v) is 4.78. The minimum atomic E-state index is -0.868. The number of hydrogen-bond acceptors (Lipinski definition) is 3. The van der Waals surface area contributed by atoms with Crippen LogP contribution in [0.4, 0.5) is 5.69 Å². The number of aryl methyl sites for hydroxylation is 1. The fourth-order valence-corrected chi connectivity index (χ4v) is 2.29. The van der Waals surface area contributed by atoms with Gasteiger partial charge in [-0.1, -0.05) is 23.8 Å². The smallest absolute Gasteiger partial charge is 0.331 e. The van der Waals surface area contributed by atoms with Crippen LogP contribution in [-0.2, 0) is 4.79 Å². The number of nitrogens with one attached hydrogen (secondary N) is 1. The number of aliphatic carboxylic acids is 1. The standard InChI is InChI=1S/C13H13NO2S/c1-9-4-6-10(7-5-9)14-12(13(15)16)11-3-2-8-17-11/h2-8,12,14H,1H3,(H,15,16)/t12-/m1/s1. The van der Waals surface area contributed by atoms with Gasteiger partial charge in [-0.3, -0.25) is 0 Å². The Morgan fingerprint density at radius 1 is 1.29 bits per heavy atom. The summed E-state index contributed by atoms with van der Waals surface area (Å²) < 4.78 is 0. The number of hydrogen-bond donors (Lipinski definition) is 2. The van der Waals surface area contributed by atoms with Crippen LogP contribution in [0.5, 0.6) is 0 Å². The second kappa shape index (κ2) is 5.01. The molecule has 0 bridgehead atoms. The van der Waals surface area contributed by atoms with Crippen LogP contribution >= 0.6 is 11.3 Å². The fraction of sp³-hybridized carbons (Fsp3) is 0.154. The average Bonchev–Trinajstić information content (AvgIpc) is 2.81. The number of thiophene rings is 1. The number of rotatable bonds is 4. The topological polar surface area (TPSA) is 49.3 Å². The van der Waals surface area contributed by atoms with E-state index in [1.54, 1.807) is 0 Å². The predicted molar refractivity (Wildman–Crippen MR) is 69.5 cm³/mol. The minimum absolute atomic E-state index is 0.683. The zero-order chi connectivity index (χ0) is 12.3. The molecule has 0 amide bonds. The quantitative estimate of drug-likeness (QED) is 0.871. The second-order valence-electron chi connectivity index (χ2n) is 3.80. The Labute approximate surface area is 104 Å². The molecule has 1 aromatic carbocycles. The van der Waals surface area contributed by atoms with E-state index in [1.165, 1.54) is 11.3 Å². The number of carboxylic acids is 1. The highest BCUT2D eigenvalue weighted by Crippen LogP contribution is 2.24. The molecule has 3 nitrogen and oxygen atoms in total. The summed E-state index contributed by atoms with van der Waals surface area (Å²) in [4.78, 5) is 12.0. The van der Waals surface area contributed by atoms with Gasteiger partial charge in [0.1, 0.15) is 0 Å². The molecule has 17 heavy (non-hydrogen) atoms. The number of carboxylic acid groups (broad SMARTS) is 1. The van der Waals surface area contributed by atoms with Crippen molar-refractivity contribution in [2.24, 2.45) is 0 Å². The molecule has 2 N–H and O–H groups in total. The molecule has 0 unspecified atom stereocenters. The molecule has 1 atom stereocenters. The molecular formula is C13H13NO2S. The number of anilines is 1. The Kier molecular flexibility index (Phi) is 3.44. The molecule has 4 heteroatoms. The van der Waals surface area contributed by atoms with Crippen molar-refractivity contribution in [2.45, 2.75) is 13.0 Å². The third kappa shape index (κ3) is 2.85. The number of carbonyl (C=O) groups is 1. The summed E-state index contributed by atoms with van der Waals surface area (Å²) in [6.07, 6.45) is 0. The molecule has 0 spiro atoms. The third-order valence-electron chi connectivity index (χ3n) is 2.44. The van der Waals surface area contributed by atoms with E-state index in [9.17, 15) is 9.90 Å². The maximum atomic E-state index is 11.2. The van der Waals surface area contributed by atoms with E-state index in [2.05, 4.69) is 5.32 Å². The summed E-state index contributed by atoms with van der Waals surface area (Å²) in [6.45, 7) is 2.00. The van der Waals surface area contributed by atoms with Crippen molar-refractivity contribution in [1.82, 2.24) is 0 Å². The van der Waals surface area contributed by atoms with Crippen LogP contribution in [0.3, 0.4) is 0 Å². The molecular weight excluding hydrogens is 234 g/mol. The molecule has 0 fully saturated rings. The monoisotopic (exact) mass is 247 g/mol. The normalized spacial score (nSPS) is 12.1. The summed E-state index contributed by atoms with van der Waals surface area (Å²) in [5.41, 5.74) is 1.97. The maximum Gasteiger partial charge on any atom is 0.331 e. The van der Waals surface area contributed by atoms with Crippen molar-refractivity contribution < 1.29 is 9.90 Å². The largest absolute Gasteiger partial charge is 0.479 e. The highest BCUT2D eigenvalue weighted by Gasteiger charge is 2.20. The average molecular weight is 247 g/mol. The van der Waals surface area contributed by atoms with Gasteiger partial charge in [-0.05, 0) is 30.5 Å². The van der Waals surface area contributed by atoms with E-state index < -0.39 is 12.0 Å². The van der Waals surface area contributed by atoms with Gasteiger partial charge in [0.2, 0.25) is 0 Å². The summed E-state index contributed by atoms with van der Waals surface area (Å²) in [5, 5.41) is 14.1. The van der Waals surface area contributed by atoms with Gasteiger partial charge in [-0.15, -0.1) is 11.3 Å². The summed E-state index contributed by atoms with van der Waals surface area (Å²) in [6, 6.07) is 10.7. The van der Waals surface area contributed by atoms with E-state index in [0.29, 0.717) is 0 Å². The fourth-order valence-electron chi connectivity index (χ4n) is 1.53. The van der Waals surface area contributed by atoms with Crippen LogP contribution in [-0.4, -0.2) is 11.1 Å². The van der Waals surface area contributed by atoms with Gasteiger partial charge in [0.05, 0.1) is 0 Å². The molecule has 88 valence electrons. The van der Waals surface area contributed by atoms with Gasteiger partial charge < -0.3 is 10.4 Å². The molecule has 0 aliphatic rings. The first-order valence-corrected chi connectivity index (χ1v) is 6.14. The third-order valence-corrected chi connectivity index (χ3v) is 3.37. The first kappa shape index (κ1) is 11.7. The van der Waals surface area contributed by atoms with Crippen molar-refractivity contribution in [2.75, 3.05) is 5.32 Å². The zero-order valence-corrected chi connectivity index (χ0v) is 10.2. The lowest BCUT2D eigenvalue weighted by Crippen LogP contribution is -2.19. The Hall–Kier alpha value is -1.81. The van der Waals surface area contributed by atoms with Crippen molar-refractivity contribution in [1.29, 1.82) is 0 Å². The Morgan fingerprint density at radius 2 is 2.00 bits per heavy atom. The van der Waals surface area contributed by atoms with E-state index in [-0.39, 0.29) is 0 Å². The first-order chi connectivity index (χ1) is 8.16. The highest BCUT2D eigenvalue weighted by atomic mass is 32.1. The van der Waals surface area contributed by atoms with Gasteiger partial charge >= 0.3 is 5.97 Å². The van der Waals surface area contributed by atoms with Gasteiger partial charge in [0.25, 0.3) is 0 Å². The van der Waals surface area contributed by atoms with Crippen molar-refractivity contribution >= 4 is 23.0 Å². The zero-order valence-electron chi connectivity index (χ0n) is 9.38. The van der Waals surface area contributed by atoms with Crippen LogP contribution in [0.15, 0.2) is 41.8 Å². The van der Waals surface area contributed by atoms with Crippen molar-refractivity contribution in [3.8, 4) is 0 Å². The van der Waals surface area contributed by atoms with E-state index in [1.807, 2.05) is 48.7 Å². The number of benzene rings is 1. The minimum Gasteiger partial charge on any atom is -0.479 e. The molecule has 0 saturated heterocycles. The molecule has 2 rings (SSSR count). The van der Waals surface area contributed by atoms with Gasteiger partial charge in [-0.2, -0.15) is 0 Å². The van der Waals surface area contributed by atoms with Crippen molar-refractivity contribution in [3.05, 3.63) is 52.2 Å². The van der Waals surface area contributed by atoms with E-state index >= 15 is 0 Å². The van der Waals surface area contributed by atoms with Crippen LogP contribution < -0.4 is 5.32 Å². The lowest BCUT2D eigenvalue weighted by atomic mass is 10.2. The summed E-state index contributed by atoms with van der Waals surface area (Å²) in [7, 11) is 0. The lowest BCUT2D eigenvalue weighted by Gasteiger charge is -2.14. The predicted octanol–water partition coefficient (Wildman–Crippen LogP) is 3.29. The van der Waals surface area contributed by atoms with Gasteiger partial charge in [-0.25, -0.2) is 4.79 Å². The maximum absolute atomic E-state index is 11.2. The lowest BCUT2D eigenvalue weighted by molar-refractivity contribution is -0.138. The molecule has 2 aromatic rings. The molecule has 0 aliphatic heterocycles. The summed E-state index contributed by atoms with van der Waals surface area (Å²) in [5.74, 6) is -0.868. The van der Waals surface area contributed by atoms with E-state index in [0.717, 1.165) is 16.1 Å².